The Labute approximate surface area is 287 Å². The van der Waals surface area contributed by atoms with Crippen molar-refractivity contribution in [2.24, 2.45) is 0 Å². The molecule has 0 bridgehead atoms. The first-order valence-corrected chi connectivity index (χ1v) is 17.7. The molecule has 1 atom stereocenters. The summed E-state index contributed by atoms with van der Waals surface area (Å²) in [6.07, 6.45) is 1.94. The van der Waals surface area contributed by atoms with E-state index in [-0.39, 0.29) is 29.5 Å². The molecule has 0 aliphatic carbocycles. The molecular formula is C36H39Cl2N3O5S. The quantitative estimate of drug-likeness (QED) is 0.127. The molecule has 47 heavy (non-hydrogen) atoms. The van der Waals surface area contributed by atoms with Gasteiger partial charge in [0.05, 0.1) is 10.6 Å². The lowest BCUT2D eigenvalue weighted by molar-refractivity contribution is -0.140. The number of hydrogen-bond acceptors (Lipinski definition) is 5. The molecule has 0 unspecified atom stereocenters. The van der Waals surface area contributed by atoms with Gasteiger partial charge in [-0.15, -0.1) is 0 Å². The number of anilines is 1. The second-order valence-corrected chi connectivity index (χ2v) is 13.7. The third-order valence-electron chi connectivity index (χ3n) is 7.60. The maximum Gasteiger partial charge on any atom is 0.264 e. The first-order valence-electron chi connectivity index (χ1n) is 15.5. The molecule has 0 aliphatic heterocycles. The van der Waals surface area contributed by atoms with E-state index in [9.17, 15) is 18.0 Å². The summed E-state index contributed by atoms with van der Waals surface area (Å²) in [5.74, 6) is 0.173. The second kappa shape index (κ2) is 16.7. The van der Waals surface area contributed by atoms with E-state index in [1.165, 1.54) is 17.0 Å². The van der Waals surface area contributed by atoms with E-state index in [4.69, 9.17) is 27.9 Å². The van der Waals surface area contributed by atoms with E-state index < -0.39 is 28.5 Å². The maximum absolute atomic E-state index is 14.4. The molecule has 0 fully saturated rings. The normalized spacial score (nSPS) is 11.9. The largest absolute Gasteiger partial charge is 0.457 e. The zero-order chi connectivity index (χ0) is 34.0. The summed E-state index contributed by atoms with van der Waals surface area (Å²) >= 11 is 13.0. The fraction of sp³-hybridized carbons (Fsp3) is 0.278. The predicted molar refractivity (Wildman–Crippen MR) is 188 cm³/mol. The van der Waals surface area contributed by atoms with Crippen molar-refractivity contribution in [3.8, 4) is 11.5 Å². The van der Waals surface area contributed by atoms with Crippen LogP contribution in [0.2, 0.25) is 10.0 Å². The Bertz CT molecular complexity index is 1730. The number of nitrogens with one attached hydrogen (secondary N) is 1. The van der Waals surface area contributed by atoms with Gasteiger partial charge in [-0.25, -0.2) is 8.42 Å². The summed E-state index contributed by atoms with van der Waals surface area (Å²) in [5, 5.41) is 3.57. The van der Waals surface area contributed by atoms with Gasteiger partial charge < -0.3 is 15.0 Å². The van der Waals surface area contributed by atoms with Gasteiger partial charge in [0.15, 0.2) is 0 Å². The van der Waals surface area contributed by atoms with Crippen LogP contribution in [0.5, 0.6) is 11.5 Å². The van der Waals surface area contributed by atoms with Crippen LogP contribution < -0.4 is 14.4 Å². The molecule has 0 radical (unpaired) electrons. The van der Waals surface area contributed by atoms with Crippen LogP contribution in [0.3, 0.4) is 0 Å². The average Bonchev–Trinajstić information content (AvgIpc) is 3.06. The molecule has 1 N–H and O–H groups in total. The highest BCUT2D eigenvalue weighted by Crippen LogP contribution is 2.30. The number of aryl methyl sites for hydroxylation is 1. The van der Waals surface area contributed by atoms with Gasteiger partial charge in [0.1, 0.15) is 24.1 Å². The number of unbranched alkanes of at least 4 members (excludes halogenated alkanes) is 1. The number of amides is 2. The number of sulfonamides is 1. The highest BCUT2D eigenvalue weighted by molar-refractivity contribution is 7.92. The van der Waals surface area contributed by atoms with Crippen molar-refractivity contribution in [1.29, 1.82) is 0 Å². The molecule has 0 spiro atoms. The Morgan fingerprint density at radius 2 is 1.45 bits per heavy atom. The number of hydrogen-bond donors (Lipinski definition) is 1. The Morgan fingerprint density at radius 3 is 2.04 bits per heavy atom. The molecule has 4 aromatic carbocycles. The van der Waals surface area contributed by atoms with Gasteiger partial charge in [0.2, 0.25) is 11.8 Å². The van der Waals surface area contributed by atoms with Crippen LogP contribution in [0.25, 0.3) is 0 Å². The first-order chi connectivity index (χ1) is 22.5. The van der Waals surface area contributed by atoms with E-state index >= 15 is 0 Å². The lowest BCUT2D eigenvalue weighted by Gasteiger charge is -2.33. The minimum absolute atomic E-state index is 0.0190. The molecule has 4 rings (SSSR count). The number of nitrogens with zero attached hydrogens (tertiary/aromatic N) is 2. The molecule has 0 saturated heterocycles. The minimum atomic E-state index is -4.24. The average molecular weight is 697 g/mol. The number of carbonyl (C=O) groups is 2. The monoisotopic (exact) mass is 695 g/mol. The summed E-state index contributed by atoms with van der Waals surface area (Å²) in [6.45, 7) is 5.44. The number of para-hydroxylation sites is 1. The van der Waals surface area contributed by atoms with E-state index in [1.54, 1.807) is 61.5 Å². The lowest BCUT2D eigenvalue weighted by atomic mass is 10.1. The van der Waals surface area contributed by atoms with Crippen molar-refractivity contribution < 1.29 is 22.7 Å². The molecule has 0 saturated carbocycles. The van der Waals surface area contributed by atoms with Crippen LogP contribution in [-0.2, 0) is 26.2 Å². The van der Waals surface area contributed by atoms with Crippen LogP contribution in [0.4, 0.5) is 5.69 Å². The first kappa shape index (κ1) is 35.8. The summed E-state index contributed by atoms with van der Waals surface area (Å²) in [5.41, 5.74) is 1.59. The zero-order valence-electron chi connectivity index (χ0n) is 26.7. The van der Waals surface area contributed by atoms with Crippen molar-refractivity contribution in [2.75, 3.05) is 17.4 Å². The Morgan fingerprint density at radius 1 is 0.830 bits per heavy atom. The van der Waals surface area contributed by atoms with Crippen LogP contribution in [-0.4, -0.2) is 44.3 Å². The summed E-state index contributed by atoms with van der Waals surface area (Å²) in [6, 6.07) is 26.1. The van der Waals surface area contributed by atoms with Crippen LogP contribution >= 0.6 is 23.2 Å². The summed E-state index contributed by atoms with van der Waals surface area (Å²) in [4.78, 5) is 29.2. The highest BCUT2D eigenvalue weighted by atomic mass is 35.5. The number of halogens is 2. The molecule has 0 heterocycles. The second-order valence-electron chi connectivity index (χ2n) is 11.0. The van der Waals surface area contributed by atoms with Crippen LogP contribution in [0, 0.1) is 6.92 Å². The van der Waals surface area contributed by atoms with Crippen LogP contribution in [0.1, 0.15) is 44.2 Å². The van der Waals surface area contributed by atoms with Gasteiger partial charge >= 0.3 is 0 Å². The SMILES string of the molecule is CCCCNC(=O)[C@@H](CC)N(Cc1c(Cl)cccc1Cl)C(=O)CN(c1ccc(Oc2ccccc2)cc1)S(=O)(=O)c1ccc(C)cc1. The molecule has 0 aliphatic rings. The van der Waals surface area contributed by atoms with Crippen molar-refractivity contribution in [2.45, 2.75) is 57.5 Å². The van der Waals surface area contributed by atoms with Crippen molar-refractivity contribution in [3.05, 3.63) is 118 Å². The number of rotatable bonds is 15. The molecule has 8 nitrogen and oxygen atoms in total. The fourth-order valence-electron chi connectivity index (χ4n) is 4.95. The number of ether oxygens (including phenoxy) is 1. The third kappa shape index (κ3) is 9.28. The lowest BCUT2D eigenvalue weighted by Crippen LogP contribution is -2.52. The molecule has 248 valence electrons. The van der Waals surface area contributed by atoms with E-state index in [0.29, 0.717) is 33.7 Å². The number of benzene rings is 4. The van der Waals surface area contributed by atoms with Gasteiger partial charge in [-0.2, -0.15) is 0 Å². The Kier molecular flexibility index (Phi) is 12.7. The fourth-order valence-corrected chi connectivity index (χ4v) is 6.88. The Hall–Kier alpha value is -4.05. The Balaban J connectivity index is 1.74. The third-order valence-corrected chi connectivity index (χ3v) is 10.1. The predicted octanol–water partition coefficient (Wildman–Crippen LogP) is 8.01. The zero-order valence-corrected chi connectivity index (χ0v) is 29.0. The maximum atomic E-state index is 14.4. The topological polar surface area (TPSA) is 96.0 Å². The van der Waals surface area contributed by atoms with Crippen LogP contribution in [0.15, 0.2) is 102 Å². The minimum Gasteiger partial charge on any atom is -0.457 e. The van der Waals surface area contributed by atoms with Crippen molar-refractivity contribution in [1.82, 2.24) is 10.2 Å². The molecule has 4 aromatic rings. The van der Waals surface area contributed by atoms with Gasteiger partial charge in [-0.1, -0.05) is 85.4 Å². The summed E-state index contributed by atoms with van der Waals surface area (Å²) < 4.78 is 35.3. The van der Waals surface area contributed by atoms with E-state index in [1.807, 2.05) is 44.2 Å². The highest BCUT2D eigenvalue weighted by Gasteiger charge is 2.34. The standard InChI is InChI=1S/C36H39Cl2N3O5S/c1-4-6-23-39-36(43)34(5-2)40(24-31-32(37)13-10-14-33(31)38)35(42)25-41(47(44,45)30-21-15-26(3)16-22-30)27-17-19-29(20-18-27)46-28-11-8-7-9-12-28/h7-22,34H,4-6,23-25H2,1-3H3,(H,39,43)/t34-/m1/s1. The molecule has 11 heteroatoms. The van der Waals surface area contributed by atoms with Crippen molar-refractivity contribution in [3.63, 3.8) is 0 Å². The van der Waals surface area contributed by atoms with E-state index in [0.717, 1.165) is 22.7 Å². The molecule has 0 aromatic heterocycles. The number of carbonyl (C=O) groups excluding carboxylic acids is 2. The van der Waals surface area contributed by atoms with Gasteiger partial charge in [0, 0.05) is 28.7 Å². The molecule has 2 amide bonds. The molecular weight excluding hydrogens is 657 g/mol. The summed E-state index contributed by atoms with van der Waals surface area (Å²) in [7, 11) is -4.24. The smallest absolute Gasteiger partial charge is 0.264 e. The van der Waals surface area contributed by atoms with Gasteiger partial charge in [0.25, 0.3) is 10.0 Å². The van der Waals surface area contributed by atoms with Gasteiger partial charge in [-0.05, 0) is 80.4 Å². The van der Waals surface area contributed by atoms with Gasteiger partial charge in [-0.3, -0.25) is 13.9 Å². The van der Waals surface area contributed by atoms with Crippen molar-refractivity contribution >= 4 is 50.7 Å². The van der Waals surface area contributed by atoms with E-state index in [2.05, 4.69) is 5.32 Å².